The molecular formula is C31H29F2NO3. The highest BCUT2D eigenvalue weighted by molar-refractivity contribution is 6.00. The van der Waals surface area contributed by atoms with Crippen LogP contribution >= 0.6 is 0 Å². The van der Waals surface area contributed by atoms with Crippen LogP contribution in [0.15, 0.2) is 66.7 Å². The van der Waals surface area contributed by atoms with Crippen molar-refractivity contribution in [2.75, 3.05) is 18.0 Å². The number of aldehydes is 1. The molecule has 4 nitrogen and oxygen atoms in total. The molecule has 1 N–H and O–H groups in total. The van der Waals surface area contributed by atoms with Crippen LogP contribution < -0.4 is 4.90 Å². The molecule has 2 aliphatic rings. The molecule has 1 saturated heterocycles. The van der Waals surface area contributed by atoms with Gasteiger partial charge in [-0.3, -0.25) is 0 Å². The third-order valence-electron chi connectivity index (χ3n) is 7.56. The predicted molar refractivity (Wildman–Crippen MR) is 141 cm³/mol. The van der Waals surface area contributed by atoms with E-state index in [-0.39, 0.29) is 17.0 Å². The molecule has 1 heterocycles. The first-order valence-electron chi connectivity index (χ1n) is 12.7. The van der Waals surface area contributed by atoms with Gasteiger partial charge < -0.3 is 14.8 Å². The quantitative estimate of drug-likeness (QED) is 0.368. The Morgan fingerprint density at radius 2 is 1.59 bits per heavy atom. The normalized spacial score (nSPS) is 16.5. The summed E-state index contributed by atoms with van der Waals surface area (Å²) in [6.07, 6.45) is 2.57. The topological polar surface area (TPSA) is 57.6 Å². The number of nitrogens with zero attached hydrogens (tertiary/aromatic N) is 1. The number of benzene rings is 3. The highest BCUT2D eigenvalue weighted by Crippen LogP contribution is 2.41. The monoisotopic (exact) mass is 501 g/mol. The van der Waals surface area contributed by atoms with Crippen molar-refractivity contribution in [2.45, 2.75) is 38.5 Å². The molecule has 1 aliphatic heterocycles. The van der Waals surface area contributed by atoms with Crippen molar-refractivity contribution < 1.29 is 23.5 Å². The zero-order valence-corrected chi connectivity index (χ0v) is 20.5. The molecule has 37 heavy (non-hydrogen) atoms. The van der Waals surface area contributed by atoms with Gasteiger partial charge in [-0.2, -0.15) is 0 Å². The summed E-state index contributed by atoms with van der Waals surface area (Å²) in [5, 5.41) is 9.53. The van der Waals surface area contributed by atoms with Crippen LogP contribution in [0.4, 0.5) is 14.5 Å². The van der Waals surface area contributed by atoms with E-state index in [1.807, 2.05) is 6.07 Å². The number of hydrogen-bond donors (Lipinski definition) is 1. The summed E-state index contributed by atoms with van der Waals surface area (Å²) in [4.78, 5) is 25.0. The van der Waals surface area contributed by atoms with Gasteiger partial charge in [0.15, 0.2) is 0 Å². The summed E-state index contributed by atoms with van der Waals surface area (Å²) >= 11 is 0. The summed E-state index contributed by atoms with van der Waals surface area (Å²) in [7, 11) is 0. The van der Waals surface area contributed by atoms with Gasteiger partial charge in [0.25, 0.3) is 6.43 Å². The van der Waals surface area contributed by atoms with Crippen LogP contribution in [-0.4, -0.2) is 30.5 Å². The number of aromatic carboxylic acids is 1. The van der Waals surface area contributed by atoms with Crippen LogP contribution in [-0.2, 0) is 11.2 Å². The molecule has 0 amide bonds. The van der Waals surface area contributed by atoms with Crippen molar-refractivity contribution >= 4 is 29.1 Å². The Hall–Kier alpha value is -3.80. The molecular weight excluding hydrogens is 472 g/mol. The minimum absolute atomic E-state index is 0.00581. The van der Waals surface area contributed by atoms with Crippen LogP contribution in [0.1, 0.15) is 70.3 Å². The van der Waals surface area contributed by atoms with E-state index in [2.05, 4.69) is 29.2 Å². The molecule has 190 valence electrons. The molecule has 3 aromatic rings. The van der Waals surface area contributed by atoms with E-state index in [0.717, 1.165) is 90.6 Å². The highest BCUT2D eigenvalue weighted by atomic mass is 19.3. The molecule has 3 aromatic carbocycles. The summed E-state index contributed by atoms with van der Waals surface area (Å²) in [5.41, 5.74) is 7.31. The van der Waals surface area contributed by atoms with Crippen molar-refractivity contribution in [3.05, 3.63) is 100 Å². The van der Waals surface area contributed by atoms with E-state index in [1.165, 1.54) is 12.1 Å². The van der Waals surface area contributed by atoms with Gasteiger partial charge in [0.05, 0.1) is 5.56 Å². The largest absolute Gasteiger partial charge is 0.478 e. The zero-order valence-electron chi connectivity index (χ0n) is 20.5. The number of aryl methyl sites for hydroxylation is 1. The summed E-state index contributed by atoms with van der Waals surface area (Å²) in [5.74, 6) is -0.819. The lowest BCUT2D eigenvalue weighted by Crippen LogP contribution is -2.34. The SMILES string of the molecule is O=CC1CCN(c2ccc(C3=C(c4ccc(C(F)F)cc4)CCCc4cc(C(=O)O)ccc43)cc2)CC1. The standard InChI is InChI=1S/C31H29F2NO3/c32-30(33)23-6-4-21(5-7-23)27-3-1-2-24-18-25(31(36)37)10-13-28(24)29(27)22-8-11-26(12-9-22)34-16-14-20(19-35)15-17-34/h4-13,18-20,30H,1-3,14-17H2,(H,36,37). The minimum atomic E-state index is -2.52. The molecule has 0 unspecified atom stereocenters. The molecule has 0 spiro atoms. The van der Waals surface area contributed by atoms with Gasteiger partial charge in [-0.1, -0.05) is 42.5 Å². The summed E-state index contributed by atoms with van der Waals surface area (Å²) < 4.78 is 26.4. The second-order valence-corrected chi connectivity index (χ2v) is 9.81. The van der Waals surface area contributed by atoms with Crippen molar-refractivity contribution in [3.8, 4) is 0 Å². The Morgan fingerprint density at radius 3 is 2.22 bits per heavy atom. The average Bonchev–Trinajstić information content (AvgIpc) is 3.12. The maximum atomic E-state index is 13.2. The van der Waals surface area contributed by atoms with E-state index in [9.17, 15) is 23.5 Å². The lowest BCUT2D eigenvalue weighted by molar-refractivity contribution is -0.111. The fourth-order valence-electron chi connectivity index (χ4n) is 5.50. The number of carboxylic acids is 1. The van der Waals surface area contributed by atoms with E-state index < -0.39 is 12.4 Å². The second-order valence-electron chi connectivity index (χ2n) is 9.81. The van der Waals surface area contributed by atoms with Gasteiger partial charge in [0, 0.05) is 30.3 Å². The maximum Gasteiger partial charge on any atom is 0.335 e. The average molecular weight is 502 g/mol. The molecule has 1 aliphatic carbocycles. The lowest BCUT2D eigenvalue weighted by atomic mass is 9.87. The summed E-state index contributed by atoms with van der Waals surface area (Å²) in [6.45, 7) is 1.68. The number of carbonyl (C=O) groups is 2. The highest BCUT2D eigenvalue weighted by Gasteiger charge is 2.23. The lowest BCUT2D eigenvalue weighted by Gasteiger charge is -2.31. The molecule has 1 fully saturated rings. The number of fused-ring (bicyclic) bond motifs is 1. The number of rotatable bonds is 6. The van der Waals surface area contributed by atoms with E-state index >= 15 is 0 Å². The molecule has 0 aromatic heterocycles. The van der Waals surface area contributed by atoms with Crippen LogP contribution in [0.25, 0.3) is 11.1 Å². The number of anilines is 1. The molecule has 6 heteroatoms. The maximum absolute atomic E-state index is 13.2. The molecule has 5 rings (SSSR count). The van der Waals surface area contributed by atoms with Crippen molar-refractivity contribution in [1.82, 2.24) is 0 Å². The van der Waals surface area contributed by atoms with Crippen molar-refractivity contribution in [1.29, 1.82) is 0 Å². The first kappa shape index (κ1) is 24.9. The number of piperidine rings is 1. The van der Waals surface area contributed by atoms with Crippen molar-refractivity contribution in [3.63, 3.8) is 0 Å². The minimum Gasteiger partial charge on any atom is -0.478 e. The molecule has 0 radical (unpaired) electrons. The van der Waals surface area contributed by atoms with Crippen LogP contribution in [0, 0.1) is 5.92 Å². The Labute approximate surface area is 215 Å². The number of alkyl halides is 2. The molecule has 0 atom stereocenters. The second kappa shape index (κ2) is 10.7. The first-order chi connectivity index (χ1) is 17.9. The fourth-order valence-corrected chi connectivity index (χ4v) is 5.50. The summed E-state index contributed by atoms with van der Waals surface area (Å²) in [6, 6.07) is 20.1. The van der Waals surface area contributed by atoms with E-state index in [0.29, 0.717) is 0 Å². The number of allylic oxidation sites excluding steroid dienone is 1. The number of carbonyl (C=O) groups excluding carboxylic acids is 1. The van der Waals surface area contributed by atoms with Gasteiger partial charge in [-0.15, -0.1) is 0 Å². The number of carboxylic acid groups (broad SMARTS) is 1. The van der Waals surface area contributed by atoms with Gasteiger partial charge in [-0.25, -0.2) is 13.6 Å². The third-order valence-corrected chi connectivity index (χ3v) is 7.56. The van der Waals surface area contributed by atoms with Crippen LogP contribution in [0.3, 0.4) is 0 Å². The Kier molecular flexibility index (Phi) is 7.17. The smallest absolute Gasteiger partial charge is 0.335 e. The first-order valence-corrected chi connectivity index (χ1v) is 12.7. The fraction of sp³-hybridized carbons (Fsp3) is 0.290. The Balaban J connectivity index is 1.59. The van der Waals surface area contributed by atoms with E-state index in [4.69, 9.17) is 0 Å². The zero-order chi connectivity index (χ0) is 25.9. The molecule has 0 saturated carbocycles. The Morgan fingerprint density at radius 1 is 0.919 bits per heavy atom. The van der Waals surface area contributed by atoms with Crippen molar-refractivity contribution in [2.24, 2.45) is 5.92 Å². The Bertz CT molecular complexity index is 1320. The van der Waals surface area contributed by atoms with Gasteiger partial charge in [0.2, 0.25) is 0 Å². The number of halogens is 2. The van der Waals surface area contributed by atoms with Crippen LogP contribution in [0.2, 0.25) is 0 Å². The van der Waals surface area contributed by atoms with Gasteiger partial charge in [-0.05, 0) is 89.8 Å². The number of hydrogen-bond acceptors (Lipinski definition) is 3. The van der Waals surface area contributed by atoms with Gasteiger partial charge >= 0.3 is 5.97 Å². The molecule has 0 bridgehead atoms. The van der Waals surface area contributed by atoms with Gasteiger partial charge in [0.1, 0.15) is 6.29 Å². The predicted octanol–water partition coefficient (Wildman–Crippen LogP) is 7.03. The third kappa shape index (κ3) is 5.19. The van der Waals surface area contributed by atoms with E-state index in [1.54, 1.807) is 24.3 Å². The van der Waals surface area contributed by atoms with Crippen LogP contribution in [0.5, 0.6) is 0 Å².